The molecule has 1 saturated carbocycles. The van der Waals surface area contributed by atoms with Crippen LogP contribution in [0.5, 0.6) is 0 Å². The van der Waals surface area contributed by atoms with Crippen LogP contribution < -0.4 is 5.32 Å². The van der Waals surface area contributed by atoms with Crippen LogP contribution in [0.1, 0.15) is 39.5 Å². The average Bonchev–Trinajstić information content (AvgIpc) is 2.13. The summed E-state index contributed by atoms with van der Waals surface area (Å²) < 4.78 is 5.79. The van der Waals surface area contributed by atoms with Crippen LogP contribution in [0.2, 0.25) is 0 Å². The summed E-state index contributed by atoms with van der Waals surface area (Å²) >= 11 is 0. The van der Waals surface area contributed by atoms with Gasteiger partial charge in [0.05, 0.1) is 12.7 Å². The number of ether oxygens (including phenoxy) is 1. The minimum absolute atomic E-state index is 0.544. The van der Waals surface area contributed by atoms with Gasteiger partial charge in [-0.05, 0) is 25.3 Å². The van der Waals surface area contributed by atoms with E-state index in [1.54, 1.807) is 0 Å². The summed E-state index contributed by atoms with van der Waals surface area (Å²) in [7, 11) is 0. The fourth-order valence-electron chi connectivity index (χ4n) is 2.00. The van der Waals surface area contributed by atoms with E-state index in [4.69, 9.17) is 4.74 Å². The third-order valence-electron chi connectivity index (χ3n) is 2.77. The van der Waals surface area contributed by atoms with Crippen molar-refractivity contribution in [1.82, 2.24) is 5.32 Å². The van der Waals surface area contributed by atoms with Crippen molar-refractivity contribution in [2.45, 2.75) is 45.6 Å². The lowest BCUT2D eigenvalue weighted by Gasteiger charge is -2.26. The molecule has 1 N–H and O–H groups in total. The molecule has 2 heteroatoms. The molecule has 2 unspecified atom stereocenters. The van der Waals surface area contributed by atoms with Crippen LogP contribution >= 0.6 is 0 Å². The highest BCUT2D eigenvalue weighted by molar-refractivity contribution is 4.70. The maximum Gasteiger partial charge on any atom is 0.0594 e. The monoisotopic (exact) mass is 185 g/mol. The Kier molecular flexibility index (Phi) is 5.40. The number of rotatable bonds is 5. The normalized spacial score (nSPS) is 29.1. The zero-order valence-electron chi connectivity index (χ0n) is 9.01. The van der Waals surface area contributed by atoms with Crippen LogP contribution in [0, 0.1) is 5.92 Å². The Morgan fingerprint density at radius 1 is 1.38 bits per heavy atom. The summed E-state index contributed by atoms with van der Waals surface area (Å²) in [6.07, 6.45) is 5.84. The third-order valence-corrected chi connectivity index (χ3v) is 2.77. The molecule has 0 amide bonds. The number of hydrogen-bond acceptors (Lipinski definition) is 2. The molecule has 0 radical (unpaired) electrons. The Balaban J connectivity index is 2.00. The Bertz CT molecular complexity index is 127. The van der Waals surface area contributed by atoms with E-state index in [0.29, 0.717) is 6.10 Å². The van der Waals surface area contributed by atoms with Gasteiger partial charge in [-0.15, -0.1) is 0 Å². The molecule has 1 aliphatic carbocycles. The largest absolute Gasteiger partial charge is 0.377 e. The first-order valence-corrected chi connectivity index (χ1v) is 5.65. The van der Waals surface area contributed by atoms with E-state index in [1.807, 2.05) is 0 Å². The van der Waals surface area contributed by atoms with E-state index in [2.05, 4.69) is 19.2 Å². The highest BCUT2D eigenvalue weighted by atomic mass is 16.5. The van der Waals surface area contributed by atoms with Gasteiger partial charge in [0.1, 0.15) is 0 Å². The predicted octanol–water partition coefficient (Wildman–Crippen LogP) is 2.19. The van der Waals surface area contributed by atoms with Crippen molar-refractivity contribution in [2.24, 2.45) is 5.92 Å². The number of likely N-dealkylation sites (N-methyl/N-ethyl adjacent to an activating group) is 1. The van der Waals surface area contributed by atoms with Crippen LogP contribution in [-0.2, 0) is 4.74 Å². The number of hydrogen-bond donors (Lipinski definition) is 1. The second-order valence-electron chi connectivity index (χ2n) is 4.12. The molecule has 0 aromatic rings. The second-order valence-corrected chi connectivity index (χ2v) is 4.12. The van der Waals surface area contributed by atoms with Gasteiger partial charge < -0.3 is 10.1 Å². The van der Waals surface area contributed by atoms with Crippen molar-refractivity contribution in [3.05, 3.63) is 0 Å². The molecule has 0 heterocycles. The molecular formula is C11H23NO. The first-order chi connectivity index (χ1) is 6.33. The molecule has 78 valence electrons. The smallest absolute Gasteiger partial charge is 0.0594 e. The molecule has 1 rings (SSSR count). The fourth-order valence-corrected chi connectivity index (χ4v) is 2.00. The zero-order chi connectivity index (χ0) is 9.52. The average molecular weight is 185 g/mol. The van der Waals surface area contributed by atoms with Crippen LogP contribution in [0.3, 0.4) is 0 Å². The maximum absolute atomic E-state index is 5.79. The van der Waals surface area contributed by atoms with Crippen molar-refractivity contribution in [2.75, 3.05) is 19.7 Å². The van der Waals surface area contributed by atoms with Crippen molar-refractivity contribution in [3.63, 3.8) is 0 Å². The lowest BCUT2D eigenvalue weighted by Crippen LogP contribution is -2.26. The molecule has 2 nitrogen and oxygen atoms in total. The van der Waals surface area contributed by atoms with Crippen LogP contribution in [0.25, 0.3) is 0 Å². The molecule has 1 aliphatic rings. The summed E-state index contributed by atoms with van der Waals surface area (Å²) in [4.78, 5) is 0. The molecule has 0 saturated heterocycles. The molecule has 0 aromatic carbocycles. The Morgan fingerprint density at radius 3 is 2.92 bits per heavy atom. The summed E-state index contributed by atoms with van der Waals surface area (Å²) in [5, 5.41) is 3.27. The van der Waals surface area contributed by atoms with Crippen LogP contribution in [-0.4, -0.2) is 25.8 Å². The van der Waals surface area contributed by atoms with Crippen molar-refractivity contribution < 1.29 is 4.74 Å². The molecule has 0 aliphatic heterocycles. The van der Waals surface area contributed by atoms with Gasteiger partial charge in [0.15, 0.2) is 0 Å². The van der Waals surface area contributed by atoms with E-state index < -0.39 is 0 Å². The standard InChI is InChI=1S/C11H23NO/c1-3-12-7-8-13-11-6-4-5-10(2)9-11/h10-12H,3-9H2,1-2H3. The molecule has 0 bridgehead atoms. The highest BCUT2D eigenvalue weighted by Gasteiger charge is 2.18. The van der Waals surface area contributed by atoms with E-state index in [1.165, 1.54) is 25.7 Å². The minimum Gasteiger partial charge on any atom is -0.377 e. The summed E-state index contributed by atoms with van der Waals surface area (Å²) in [5.41, 5.74) is 0. The number of nitrogens with one attached hydrogen (secondary N) is 1. The molecule has 2 atom stereocenters. The van der Waals surface area contributed by atoms with Crippen molar-refractivity contribution in [1.29, 1.82) is 0 Å². The Morgan fingerprint density at radius 2 is 2.23 bits per heavy atom. The van der Waals surface area contributed by atoms with Crippen LogP contribution in [0.15, 0.2) is 0 Å². The van der Waals surface area contributed by atoms with Gasteiger partial charge in [-0.3, -0.25) is 0 Å². The predicted molar refractivity (Wildman–Crippen MR) is 55.9 cm³/mol. The van der Waals surface area contributed by atoms with Gasteiger partial charge in [0.25, 0.3) is 0 Å². The van der Waals surface area contributed by atoms with Gasteiger partial charge in [0.2, 0.25) is 0 Å². The second kappa shape index (κ2) is 6.39. The summed E-state index contributed by atoms with van der Waals surface area (Å²) in [6, 6.07) is 0. The zero-order valence-corrected chi connectivity index (χ0v) is 9.01. The van der Waals surface area contributed by atoms with Crippen molar-refractivity contribution >= 4 is 0 Å². The van der Waals surface area contributed by atoms with E-state index in [0.717, 1.165) is 25.6 Å². The summed E-state index contributed by atoms with van der Waals surface area (Å²) in [5.74, 6) is 0.873. The summed E-state index contributed by atoms with van der Waals surface area (Å²) in [6.45, 7) is 7.39. The van der Waals surface area contributed by atoms with Gasteiger partial charge in [-0.25, -0.2) is 0 Å². The molecular weight excluding hydrogens is 162 g/mol. The van der Waals surface area contributed by atoms with E-state index >= 15 is 0 Å². The minimum atomic E-state index is 0.544. The Labute approximate surface area is 82.0 Å². The van der Waals surface area contributed by atoms with Gasteiger partial charge in [-0.2, -0.15) is 0 Å². The van der Waals surface area contributed by atoms with Gasteiger partial charge in [-0.1, -0.05) is 26.7 Å². The first kappa shape index (κ1) is 11.0. The first-order valence-electron chi connectivity index (χ1n) is 5.65. The van der Waals surface area contributed by atoms with E-state index in [-0.39, 0.29) is 0 Å². The molecule has 0 spiro atoms. The molecule has 0 aromatic heterocycles. The maximum atomic E-state index is 5.79. The topological polar surface area (TPSA) is 21.3 Å². The SMILES string of the molecule is CCNCCOC1CCCC(C)C1. The van der Waals surface area contributed by atoms with E-state index in [9.17, 15) is 0 Å². The lowest BCUT2D eigenvalue weighted by atomic mass is 9.89. The fraction of sp³-hybridized carbons (Fsp3) is 1.00. The van der Waals surface area contributed by atoms with Crippen LogP contribution in [0.4, 0.5) is 0 Å². The van der Waals surface area contributed by atoms with Crippen molar-refractivity contribution in [3.8, 4) is 0 Å². The van der Waals surface area contributed by atoms with Gasteiger partial charge in [0, 0.05) is 6.54 Å². The molecule has 13 heavy (non-hydrogen) atoms. The molecule has 1 fully saturated rings. The Hall–Kier alpha value is -0.0800. The van der Waals surface area contributed by atoms with Gasteiger partial charge >= 0.3 is 0 Å². The lowest BCUT2D eigenvalue weighted by molar-refractivity contribution is 0.0176. The third kappa shape index (κ3) is 4.63. The quantitative estimate of drug-likeness (QED) is 0.663. The highest BCUT2D eigenvalue weighted by Crippen LogP contribution is 2.25.